The van der Waals surface area contributed by atoms with Crippen LogP contribution in [0.5, 0.6) is 5.88 Å². The molecule has 0 unspecified atom stereocenters. The molecule has 1 N–H and O–H groups in total. The maximum atomic E-state index is 13.5. The molecule has 0 aliphatic heterocycles. The molecule has 9 heteroatoms. The highest BCUT2D eigenvalue weighted by atomic mass is 16.6. The zero-order chi connectivity index (χ0) is 31.1. The van der Waals surface area contributed by atoms with Crippen molar-refractivity contribution in [2.45, 2.75) is 86.2 Å². The van der Waals surface area contributed by atoms with Crippen LogP contribution in [0, 0.1) is 25.2 Å². The van der Waals surface area contributed by atoms with Crippen molar-refractivity contribution in [1.82, 2.24) is 20.0 Å². The Labute approximate surface area is 252 Å². The van der Waals surface area contributed by atoms with E-state index in [9.17, 15) is 9.59 Å². The monoisotopic (exact) mass is 581 g/mol. The summed E-state index contributed by atoms with van der Waals surface area (Å²) in [6.07, 6.45) is 6.23. The van der Waals surface area contributed by atoms with Gasteiger partial charge in [-0.05, 0) is 99.9 Å². The van der Waals surface area contributed by atoms with Crippen molar-refractivity contribution in [3.63, 3.8) is 0 Å². The lowest BCUT2D eigenvalue weighted by Gasteiger charge is -2.21. The van der Waals surface area contributed by atoms with Crippen LogP contribution < -0.4 is 10.1 Å². The second kappa shape index (κ2) is 14.4. The van der Waals surface area contributed by atoms with Crippen molar-refractivity contribution in [2.75, 3.05) is 40.3 Å². The van der Waals surface area contributed by atoms with Gasteiger partial charge in [0.2, 0.25) is 5.88 Å². The Morgan fingerprint density at radius 2 is 1.79 bits per heavy atom. The molecule has 2 aromatic rings. The van der Waals surface area contributed by atoms with Gasteiger partial charge >= 0.3 is 6.09 Å². The zero-order valence-electron chi connectivity index (χ0n) is 27.2. The van der Waals surface area contributed by atoms with Gasteiger partial charge in [-0.1, -0.05) is 30.0 Å². The minimum atomic E-state index is -0.868. The number of carbonyl (C=O) groups excluding carboxylic acids is 2. The van der Waals surface area contributed by atoms with Crippen LogP contribution >= 0.6 is 0 Å². The highest BCUT2D eigenvalue weighted by Crippen LogP contribution is 2.35. The van der Waals surface area contributed by atoms with Crippen molar-refractivity contribution in [2.24, 2.45) is 16.3 Å². The highest BCUT2D eigenvalue weighted by molar-refractivity contribution is 5.89. The number of carbonyl (C=O) groups is 2. The van der Waals surface area contributed by atoms with Gasteiger partial charge in [-0.25, -0.2) is 9.79 Å². The first kappa shape index (κ1) is 33.5. The molecule has 42 heavy (non-hydrogen) atoms. The minimum Gasteiger partial charge on any atom is -0.475 e. The molecule has 0 atom stereocenters. The van der Waals surface area contributed by atoms with E-state index in [1.165, 1.54) is 17.5 Å². The average molecular weight is 582 g/mol. The molecule has 1 heterocycles. The van der Waals surface area contributed by atoms with Gasteiger partial charge in [0.15, 0.2) is 0 Å². The van der Waals surface area contributed by atoms with E-state index < -0.39 is 17.1 Å². The minimum absolute atomic E-state index is 0.0754. The molecule has 1 amide bonds. The van der Waals surface area contributed by atoms with Crippen molar-refractivity contribution in [1.29, 1.82) is 0 Å². The summed E-state index contributed by atoms with van der Waals surface area (Å²) in [5.74, 6) is 0.897. The second-order valence-corrected chi connectivity index (χ2v) is 13.4. The third-order valence-electron chi connectivity index (χ3n) is 7.25. The van der Waals surface area contributed by atoms with E-state index in [1.807, 2.05) is 67.6 Å². The summed E-state index contributed by atoms with van der Waals surface area (Å²) in [5, 5.41) is 7.86. The van der Waals surface area contributed by atoms with Gasteiger partial charge in [0.05, 0.1) is 11.1 Å². The number of benzene rings is 1. The topological polar surface area (TPSA) is 98.0 Å². The lowest BCUT2D eigenvalue weighted by molar-refractivity contribution is -0.127. The normalized spacial score (nSPS) is 14.1. The van der Waals surface area contributed by atoms with Crippen LogP contribution in [0.1, 0.15) is 77.0 Å². The van der Waals surface area contributed by atoms with E-state index in [1.54, 1.807) is 6.21 Å². The second-order valence-electron chi connectivity index (χ2n) is 13.4. The summed E-state index contributed by atoms with van der Waals surface area (Å²) in [5.41, 5.74) is 2.90. The van der Waals surface area contributed by atoms with Crippen molar-refractivity contribution in [3.8, 4) is 17.1 Å². The fourth-order valence-corrected chi connectivity index (χ4v) is 4.68. The van der Waals surface area contributed by atoms with Crippen LogP contribution in [0.15, 0.2) is 23.2 Å². The Hall–Kier alpha value is -3.04. The lowest BCUT2D eigenvalue weighted by atomic mass is 9.94. The molecule has 9 nitrogen and oxygen atoms in total. The molecule has 1 aliphatic carbocycles. The molecular formula is C33H51N5O4. The summed E-state index contributed by atoms with van der Waals surface area (Å²) in [6, 6.07) is 6.19. The zero-order valence-corrected chi connectivity index (χ0v) is 27.2. The lowest BCUT2D eigenvalue weighted by Crippen LogP contribution is -2.30. The average Bonchev–Trinajstić information content (AvgIpc) is 3.64. The molecule has 0 saturated heterocycles. The maximum Gasteiger partial charge on any atom is 0.435 e. The fraction of sp³-hybridized carbons (Fsp3) is 0.636. The number of ether oxygens (including phenoxy) is 2. The van der Waals surface area contributed by atoms with Crippen molar-refractivity contribution >= 4 is 18.2 Å². The molecule has 1 saturated carbocycles. The Balaban J connectivity index is 1.98. The third kappa shape index (κ3) is 10.1. The van der Waals surface area contributed by atoms with E-state index in [0.29, 0.717) is 18.0 Å². The fourth-order valence-electron chi connectivity index (χ4n) is 4.68. The predicted octanol–water partition coefficient (Wildman–Crippen LogP) is 5.84. The van der Waals surface area contributed by atoms with Gasteiger partial charge in [0.25, 0.3) is 5.91 Å². The van der Waals surface area contributed by atoms with Crippen LogP contribution in [0.3, 0.4) is 0 Å². The summed E-state index contributed by atoms with van der Waals surface area (Å²) in [6.45, 7) is 15.7. The molecule has 0 spiro atoms. The molecule has 1 aromatic carbocycles. The van der Waals surface area contributed by atoms with Crippen molar-refractivity contribution < 1.29 is 19.1 Å². The van der Waals surface area contributed by atoms with Crippen molar-refractivity contribution in [3.05, 3.63) is 34.9 Å². The number of nitrogens with one attached hydrogen (secondary N) is 1. The molecule has 0 radical (unpaired) electrons. The van der Waals surface area contributed by atoms with Crippen LogP contribution in [-0.4, -0.2) is 78.8 Å². The van der Waals surface area contributed by atoms with Gasteiger partial charge in [-0.3, -0.25) is 4.79 Å². The number of hydrogen-bond acceptors (Lipinski definition) is 7. The van der Waals surface area contributed by atoms with Gasteiger partial charge in [0, 0.05) is 37.0 Å². The van der Waals surface area contributed by atoms with Gasteiger partial charge < -0.3 is 19.7 Å². The van der Waals surface area contributed by atoms with E-state index >= 15 is 0 Å². The maximum absolute atomic E-state index is 13.5. The number of rotatable bonds is 14. The number of aliphatic imine (C=N–C) groups is 1. The standard InChI is InChI=1S/C33H51N5O4/c1-23-19-24(2)21-26(20-23)28-27(14-17-37(9)18-16-34-8)29(36-38(28)31(40)42-32(3,4)5)41-22-33(6,7)30(39)35-15-10-11-25-12-13-25/h15,19-21,25,34H,10-14,16-18,22H2,1-9H3. The number of aromatic nitrogens is 2. The van der Waals surface area contributed by atoms with E-state index in [-0.39, 0.29) is 12.5 Å². The van der Waals surface area contributed by atoms with Crippen LogP contribution in [-0.2, 0) is 16.0 Å². The Morgan fingerprint density at radius 1 is 1.12 bits per heavy atom. The number of hydrogen-bond donors (Lipinski definition) is 1. The molecular weight excluding hydrogens is 530 g/mol. The molecule has 0 bridgehead atoms. The van der Waals surface area contributed by atoms with Crippen LogP contribution in [0.2, 0.25) is 0 Å². The first-order valence-electron chi connectivity index (χ1n) is 15.2. The SMILES string of the molecule is CNCCN(C)CCc1c(OCC(C)(C)C(=O)N=CCCC2CC2)nn(C(=O)OC(C)(C)C)c1-c1cc(C)cc(C)c1. The van der Waals surface area contributed by atoms with Gasteiger partial charge in [-0.15, -0.1) is 5.10 Å². The van der Waals surface area contributed by atoms with Crippen LogP contribution in [0.25, 0.3) is 11.3 Å². The van der Waals surface area contributed by atoms with Gasteiger partial charge in [-0.2, -0.15) is 4.68 Å². The molecule has 1 aliphatic rings. The smallest absolute Gasteiger partial charge is 0.435 e. The predicted molar refractivity (Wildman–Crippen MR) is 169 cm³/mol. The molecule has 1 fully saturated rings. The Bertz CT molecular complexity index is 1230. The number of nitrogens with zero attached hydrogens (tertiary/aromatic N) is 4. The number of likely N-dealkylation sites (N-methyl/N-ethyl adjacent to an activating group) is 2. The highest BCUT2D eigenvalue weighted by Gasteiger charge is 2.32. The number of amides is 1. The Morgan fingerprint density at radius 3 is 2.38 bits per heavy atom. The van der Waals surface area contributed by atoms with Crippen LogP contribution in [0.4, 0.5) is 4.79 Å². The summed E-state index contributed by atoms with van der Waals surface area (Å²) in [7, 11) is 4.00. The van der Waals surface area contributed by atoms with E-state index in [2.05, 4.69) is 33.4 Å². The quantitative estimate of drug-likeness (QED) is 0.280. The number of aryl methyl sites for hydroxylation is 2. The van der Waals surface area contributed by atoms with E-state index in [0.717, 1.165) is 60.6 Å². The summed E-state index contributed by atoms with van der Waals surface area (Å²) in [4.78, 5) is 32.9. The molecule has 3 rings (SSSR count). The van der Waals surface area contributed by atoms with E-state index in [4.69, 9.17) is 9.47 Å². The molecule has 1 aromatic heterocycles. The molecule has 232 valence electrons. The van der Waals surface area contributed by atoms with Gasteiger partial charge in [0.1, 0.15) is 12.2 Å². The largest absolute Gasteiger partial charge is 0.475 e. The Kier molecular flexibility index (Phi) is 11.5. The first-order chi connectivity index (χ1) is 19.7. The summed E-state index contributed by atoms with van der Waals surface area (Å²) >= 11 is 0. The third-order valence-corrected chi connectivity index (χ3v) is 7.25. The summed E-state index contributed by atoms with van der Waals surface area (Å²) < 4.78 is 13.4. The first-order valence-corrected chi connectivity index (χ1v) is 15.2.